The first-order valence-corrected chi connectivity index (χ1v) is 9.49. The summed E-state index contributed by atoms with van der Waals surface area (Å²) in [4.78, 5) is 0. The zero-order valence-electron chi connectivity index (χ0n) is 15.1. The van der Waals surface area contributed by atoms with Crippen LogP contribution in [0.2, 0.25) is 10.0 Å². The summed E-state index contributed by atoms with van der Waals surface area (Å²) in [5.74, 6) is 1.37. The van der Waals surface area contributed by atoms with Crippen molar-refractivity contribution in [2.75, 3.05) is 13.2 Å². The van der Waals surface area contributed by atoms with E-state index in [1.165, 1.54) is 0 Å². The SMILES string of the molecule is CCOc1cc(CNC(CC)CO)ccc1OCc1ccc(Cl)c(Cl)c1. The quantitative estimate of drug-likeness (QED) is 0.602. The van der Waals surface area contributed by atoms with E-state index in [0.29, 0.717) is 41.3 Å². The van der Waals surface area contributed by atoms with E-state index < -0.39 is 0 Å². The Hall–Kier alpha value is -1.46. The van der Waals surface area contributed by atoms with Gasteiger partial charge in [0.05, 0.1) is 23.3 Å². The normalized spacial score (nSPS) is 12.0. The molecule has 6 heteroatoms. The van der Waals surface area contributed by atoms with E-state index in [9.17, 15) is 5.11 Å². The topological polar surface area (TPSA) is 50.7 Å². The average Bonchev–Trinajstić information content (AvgIpc) is 2.65. The van der Waals surface area contributed by atoms with Gasteiger partial charge in [-0.25, -0.2) is 0 Å². The first-order valence-electron chi connectivity index (χ1n) is 8.74. The molecule has 0 spiro atoms. The predicted octanol–water partition coefficient (Wildman–Crippen LogP) is 4.83. The Morgan fingerprint density at radius 2 is 1.73 bits per heavy atom. The van der Waals surface area contributed by atoms with Gasteiger partial charge in [0.15, 0.2) is 11.5 Å². The van der Waals surface area contributed by atoms with Gasteiger partial charge in [0, 0.05) is 12.6 Å². The highest BCUT2D eigenvalue weighted by molar-refractivity contribution is 6.42. The zero-order chi connectivity index (χ0) is 18.9. The molecule has 2 aromatic rings. The number of hydrogen-bond donors (Lipinski definition) is 2. The molecule has 0 aliphatic carbocycles. The van der Waals surface area contributed by atoms with E-state index in [4.69, 9.17) is 32.7 Å². The van der Waals surface area contributed by atoms with Gasteiger partial charge < -0.3 is 19.9 Å². The molecule has 1 atom stereocenters. The van der Waals surface area contributed by atoms with Gasteiger partial charge in [-0.1, -0.05) is 42.3 Å². The minimum atomic E-state index is 0.0936. The maximum Gasteiger partial charge on any atom is 0.161 e. The Kier molecular flexibility index (Phi) is 8.52. The molecule has 0 amide bonds. The maximum atomic E-state index is 9.28. The van der Waals surface area contributed by atoms with Crippen molar-refractivity contribution in [3.63, 3.8) is 0 Å². The summed E-state index contributed by atoms with van der Waals surface area (Å²) >= 11 is 12.0. The van der Waals surface area contributed by atoms with Crippen molar-refractivity contribution in [1.29, 1.82) is 0 Å². The van der Waals surface area contributed by atoms with E-state index in [1.807, 2.05) is 38.1 Å². The van der Waals surface area contributed by atoms with Crippen LogP contribution in [-0.2, 0) is 13.2 Å². The smallest absolute Gasteiger partial charge is 0.161 e. The second-order valence-electron chi connectivity index (χ2n) is 5.92. The molecule has 0 aliphatic heterocycles. The van der Waals surface area contributed by atoms with Gasteiger partial charge in [-0.05, 0) is 48.7 Å². The fraction of sp³-hybridized carbons (Fsp3) is 0.400. The summed E-state index contributed by atoms with van der Waals surface area (Å²) in [6, 6.07) is 11.4. The lowest BCUT2D eigenvalue weighted by molar-refractivity contribution is 0.238. The molecule has 26 heavy (non-hydrogen) atoms. The number of hydrogen-bond acceptors (Lipinski definition) is 4. The Labute approximate surface area is 165 Å². The molecule has 4 nitrogen and oxygen atoms in total. The molecule has 0 bridgehead atoms. The maximum absolute atomic E-state index is 9.28. The van der Waals surface area contributed by atoms with E-state index in [-0.39, 0.29) is 12.6 Å². The van der Waals surface area contributed by atoms with Crippen LogP contribution in [-0.4, -0.2) is 24.4 Å². The molecular formula is C20H25Cl2NO3. The van der Waals surface area contributed by atoms with Crippen molar-refractivity contribution in [3.8, 4) is 11.5 Å². The molecule has 2 N–H and O–H groups in total. The molecular weight excluding hydrogens is 373 g/mol. The summed E-state index contributed by atoms with van der Waals surface area (Å²) in [6.45, 7) is 5.68. The fourth-order valence-corrected chi connectivity index (χ4v) is 2.76. The third-order valence-electron chi connectivity index (χ3n) is 3.99. The largest absolute Gasteiger partial charge is 0.490 e. The number of halogens is 2. The van der Waals surface area contributed by atoms with Gasteiger partial charge in [-0.3, -0.25) is 0 Å². The van der Waals surface area contributed by atoms with Crippen molar-refractivity contribution in [3.05, 3.63) is 57.6 Å². The van der Waals surface area contributed by atoms with Crippen molar-refractivity contribution < 1.29 is 14.6 Å². The minimum absolute atomic E-state index is 0.0936. The van der Waals surface area contributed by atoms with Crippen molar-refractivity contribution >= 4 is 23.2 Å². The van der Waals surface area contributed by atoms with Crippen molar-refractivity contribution in [2.45, 2.75) is 39.5 Å². The molecule has 0 heterocycles. The molecule has 0 saturated carbocycles. The number of benzene rings is 2. The summed E-state index contributed by atoms with van der Waals surface area (Å²) in [6.07, 6.45) is 0.875. The van der Waals surface area contributed by atoms with Crippen molar-refractivity contribution in [1.82, 2.24) is 5.32 Å². The molecule has 0 saturated heterocycles. The minimum Gasteiger partial charge on any atom is -0.490 e. The van der Waals surface area contributed by atoms with Crippen LogP contribution in [0.15, 0.2) is 36.4 Å². The highest BCUT2D eigenvalue weighted by Crippen LogP contribution is 2.30. The Bertz CT molecular complexity index is 705. The summed E-state index contributed by atoms with van der Waals surface area (Å²) in [7, 11) is 0. The fourth-order valence-electron chi connectivity index (χ4n) is 2.44. The highest BCUT2D eigenvalue weighted by Gasteiger charge is 2.09. The molecule has 0 fully saturated rings. The highest BCUT2D eigenvalue weighted by atomic mass is 35.5. The van der Waals surface area contributed by atoms with Crippen LogP contribution in [0.3, 0.4) is 0 Å². The van der Waals surface area contributed by atoms with E-state index in [2.05, 4.69) is 5.32 Å². The lowest BCUT2D eigenvalue weighted by Gasteiger charge is -2.16. The Morgan fingerprint density at radius 3 is 2.38 bits per heavy atom. The van der Waals surface area contributed by atoms with Crippen LogP contribution in [0, 0.1) is 0 Å². The number of aliphatic hydroxyl groups is 1. The first kappa shape index (κ1) is 20.8. The Balaban J connectivity index is 2.06. The van der Waals surface area contributed by atoms with Crippen LogP contribution in [0.1, 0.15) is 31.4 Å². The molecule has 142 valence electrons. The average molecular weight is 398 g/mol. The van der Waals surface area contributed by atoms with E-state index >= 15 is 0 Å². The monoisotopic (exact) mass is 397 g/mol. The lowest BCUT2D eigenvalue weighted by atomic mass is 10.1. The standard InChI is InChI=1S/C20H25Cl2NO3/c1-3-16(12-24)23-11-14-6-8-19(20(10-14)25-4-2)26-13-15-5-7-17(21)18(22)9-15/h5-10,16,23-24H,3-4,11-13H2,1-2H3. The van der Waals surface area contributed by atoms with Gasteiger partial charge in [-0.2, -0.15) is 0 Å². The van der Waals surface area contributed by atoms with Crippen LogP contribution in [0.5, 0.6) is 11.5 Å². The van der Waals surface area contributed by atoms with Crippen LogP contribution >= 0.6 is 23.2 Å². The predicted molar refractivity (Wildman–Crippen MR) is 106 cm³/mol. The molecule has 0 radical (unpaired) electrons. The van der Waals surface area contributed by atoms with Crippen LogP contribution in [0.4, 0.5) is 0 Å². The summed E-state index contributed by atoms with van der Waals surface area (Å²) in [5, 5.41) is 13.6. The van der Waals surface area contributed by atoms with Gasteiger partial charge in [-0.15, -0.1) is 0 Å². The van der Waals surface area contributed by atoms with Crippen molar-refractivity contribution in [2.24, 2.45) is 0 Å². The summed E-state index contributed by atoms with van der Waals surface area (Å²) in [5.41, 5.74) is 2.00. The van der Waals surface area contributed by atoms with Gasteiger partial charge in [0.25, 0.3) is 0 Å². The molecule has 2 rings (SSSR count). The second-order valence-corrected chi connectivity index (χ2v) is 6.73. The zero-order valence-corrected chi connectivity index (χ0v) is 16.6. The second kappa shape index (κ2) is 10.6. The molecule has 0 aliphatic rings. The number of ether oxygens (including phenoxy) is 2. The third-order valence-corrected chi connectivity index (χ3v) is 4.73. The molecule has 0 aromatic heterocycles. The third kappa shape index (κ3) is 6.06. The molecule has 2 aromatic carbocycles. The molecule has 1 unspecified atom stereocenters. The van der Waals surface area contributed by atoms with E-state index in [0.717, 1.165) is 17.5 Å². The summed E-state index contributed by atoms with van der Waals surface area (Å²) < 4.78 is 11.6. The lowest BCUT2D eigenvalue weighted by Crippen LogP contribution is -2.31. The van der Waals surface area contributed by atoms with Crippen LogP contribution in [0.25, 0.3) is 0 Å². The first-order chi connectivity index (χ1) is 12.6. The van der Waals surface area contributed by atoms with Gasteiger partial charge in [0.1, 0.15) is 6.61 Å². The van der Waals surface area contributed by atoms with Crippen LogP contribution < -0.4 is 14.8 Å². The Morgan fingerprint density at radius 1 is 0.962 bits per heavy atom. The van der Waals surface area contributed by atoms with Gasteiger partial charge >= 0.3 is 0 Å². The number of nitrogens with one attached hydrogen (secondary N) is 1. The number of aliphatic hydroxyl groups excluding tert-OH is 1. The van der Waals surface area contributed by atoms with Gasteiger partial charge in [0.2, 0.25) is 0 Å². The number of rotatable bonds is 10. The van der Waals surface area contributed by atoms with E-state index in [1.54, 1.807) is 12.1 Å².